The summed E-state index contributed by atoms with van der Waals surface area (Å²) in [7, 11) is 3.17. The number of carbonyl (C=O) groups is 1. The number of amides is 1. The minimum atomic E-state index is -0.134. The Labute approximate surface area is 203 Å². The van der Waals surface area contributed by atoms with E-state index in [9.17, 15) is 4.79 Å². The largest absolute Gasteiger partial charge is 0.493 e. The molecule has 184 valence electrons. The number of methoxy groups -OCH3 is 2. The molecule has 0 saturated carbocycles. The van der Waals surface area contributed by atoms with Crippen molar-refractivity contribution in [3.8, 4) is 34.4 Å². The van der Waals surface area contributed by atoms with Crippen LogP contribution in [-0.2, 0) is 11.3 Å². The van der Waals surface area contributed by atoms with Crippen molar-refractivity contribution in [3.63, 3.8) is 0 Å². The molecule has 0 spiro atoms. The summed E-state index contributed by atoms with van der Waals surface area (Å²) in [6, 6.07) is 10.9. The lowest BCUT2D eigenvalue weighted by Crippen LogP contribution is -2.40. The molecule has 2 aromatic carbocycles. The molecule has 1 amide bonds. The molecule has 0 unspecified atom stereocenters. The highest BCUT2D eigenvalue weighted by molar-refractivity contribution is 5.93. The molecular formula is C25H28N4O6. The Morgan fingerprint density at radius 1 is 1.09 bits per heavy atom. The first-order chi connectivity index (χ1) is 17.1. The lowest BCUT2D eigenvalue weighted by molar-refractivity contribution is -0.121. The number of anilines is 1. The molecule has 35 heavy (non-hydrogen) atoms. The number of fused-ring (bicyclic) bond motifs is 1. The van der Waals surface area contributed by atoms with Crippen LogP contribution in [0.3, 0.4) is 0 Å². The molecule has 3 aromatic rings. The van der Waals surface area contributed by atoms with Crippen LogP contribution in [0.5, 0.6) is 23.0 Å². The molecule has 1 N–H and O–H groups in total. The maximum atomic E-state index is 13.0. The van der Waals surface area contributed by atoms with E-state index in [1.54, 1.807) is 26.4 Å². The maximum Gasteiger partial charge on any atom is 0.241 e. The van der Waals surface area contributed by atoms with E-state index in [0.717, 1.165) is 24.9 Å². The Morgan fingerprint density at radius 3 is 2.74 bits per heavy atom. The van der Waals surface area contributed by atoms with E-state index in [2.05, 4.69) is 20.4 Å². The number of rotatable bonds is 7. The van der Waals surface area contributed by atoms with Crippen molar-refractivity contribution in [1.82, 2.24) is 15.0 Å². The Bertz CT molecular complexity index is 1200. The highest BCUT2D eigenvalue weighted by Crippen LogP contribution is 2.33. The number of carbonyl (C=O) groups excluding carboxylic acids is 1. The third kappa shape index (κ3) is 5.17. The van der Waals surface area contributed by atoms with Gasteiger partial charge in [-0.25, -0.2) is 0 Å². The van der Waals surface area contributed by atoms with Crippen LogP contribution >= 0.6 is 0 Å². The second-order valence-corrected chi connectivity index (χ2v) is 8.50. The van der Waals surface area contributed by atoms with Crippen molar-refractivity contribution in [1.29, 1.82) is 0 Å². The first kappa shape index (κ1) is 23.0. The third-order valence-corrected chi connectivity index (χ3v) is 6.15. The van der Waals surface area contributed by atoms with Crippen LogP contribution in [0.2, 0.25) is 0 Å². The lowest BCUT2D eigenvalue weighted by atomic mass is 9.97. The monoisotopic (exact) mass is 480 g/mol. The first-order valence-electron chi connectivity index (χ1n) is 11.6. The molecule has 1 aromatic heterocycles. The smallest absolute Gasteiger partial charge is 0.241 e. The second-order valence-electron chi connectivity index (χ2n) is 8.50. The average molecular weight is 481 g/mol. The number of hydrogen-bond donors (Lipinski definition) is 1. The van der Waals surface area contributed by atoms with Crippen molar-refractivity contribution >= 4 is 11.6 Å². The molecular weight excluding hydrogens is 452 g/mol. The van der Waals surface area contributed by atoms with E-state index >= 15 is 0 Å². The molecule has 2 aliphatic rings. The molecule has 5 rings (SSSR count). The Morgan fingerprint density at radius 2 is 1.91 bits per heavy atom. The number of piperidine rings is 1. The van der Waals surface area contributed by atoms with E-state index in [4.69, 9.17) is 23.5 Å². The molecule has 2 aliphatic heterocycles. The SMILES string of the molecule is COc1ccc(-c2noc(CN3CCC[C@@H](C(=O)Nc4ccc5c(c4)OCCO5)C3)n2)cc1OC. The normalized spacial score (nSPS) is 17.6. The number of hydrogen-bond acceptors (Lipinski definition) is 9. The van der Waals surface area contributed by atoms with Crippen molar-refractivity contribution in [2.45, 2.75) is 19.4 Å². The van der Waals surface area contributed by atoms with Crippen LogP contribution in [0.4, 0.5) is 5.69 Å². The number of aromatic nitrogens is 2. The van der Waals surface area contributed by atoms with Crippen molar-refractivity contribution in [2.24, 2.45) is 5.92 Å². The van der Waals surface area contributed by atoms with E-state index < -0.39 is 0 Å². The molecule has 0 bridgehead atoms. The topological polar surface area (TPSA) is 108 Å². The molecule has 1 fully saturated rings. The van der Waals surface area contributed by atoms with Gasteiger partial charge in [-0.1, -0.05) is 5.16 Å². The molecule has 10 nitrogen and oxygen atoms in total. The summed E-state index contributed by atoms with van der Waals surface area (Å²) in [6.07, 6.45) is 1.74. The third-order valence-electron chi connectivity index (χ3n) is 6.15. The molecule has 0 aliphatic carbocycles. The van der Waals surface area contributed by atoms with E-state index in [1.165, 1.54) is 0 Å². The fraction of sp³-hybridized carbons (Fsp3) is 0.400. The summed E-state index contributed by atoms with van der Waals surface area (Å²) in [4.78, 5) is 19.7. The van der Waals surface area contributed by atoms with Gasteiger partial charge < -0.3 is 28.8 Å². The van der Waals surface area contributed by atoms with Gasteiger partial charge in [-0.2, -0.15) is 4.98 Å². The van der Waals surface area contributed by atoms with Gasteiger partial charge >= 0.3 is 0 Å². The second kappa shape index (κ2) is 10.2. The highest BCUT2D eigenvalue weighted by Gasteiger charge is 2.27. The molecule has 1 saturated heterocycles. The minimum Gasteiger partial charge on any atom is -0.493 e. The quantitative estimate of drug-likeness (QED) is 0.544. The summed E-state index contributed by atoms with van der Waals surface area (Å²) in [6.45, 7) is 3.00. The zero-order valence-electron chi connectivity index (χ0n) is 19.8. The van der Waals surface area contributed by atoms with Crippen LogP contribution in [0.25, 0.3) is 11.4 Å². The fourth-order valence-electron chi connectivity index (χ4n) is 4.38. The van der Waals surface area contributed by atoms with Crippen LogP contribution in [0, 0.1) is 5.92 Å². The van der Waals surface area contributed by atoms with Gasteiger partial charge in [-0.15, -0.1) is 0 Å². The average Bonchev–Trinajstić information content (AvgIpc) is 3.36. The summed E-state index contributed by atoms with van der Waals surface area (Å²) in [5, 5.41) is 7.13. The fourth-order valence-corrected chi connectivity index (χ4v) is 4.38. The van der Waals surface area contributed by atoms with Crippen molar-refractivity contribution in [2.75, 3.05) is 45.8 Å². The zero-order chi connectivity index (χ0) is 24.2. The summed E-state index contributed by atoms with van der Waals surface area (Å²) < 4.78 is 27.3. The van der Waals surface area contributed by atoms with Gasteiger partial charge in [0.1, 0.15) is 13.2 Å². The van der Waals surface area contributed by atoms with Gasteiger partial charge in [0.25, 0.3) is 0 Å². The van der Waals surface area contributed by atoms with E-state index in [-0.39, 0.29) is 11.8 Å². The number of nitrogens with one attached hydrogen (secondary N) is 1. The van der Waals surface area contributed by atoms with Crippen molar-refractivity contribution < 1.29 is 28.3 Å². The summed E-state index contributed by atoms with van der Waals surface area (Å²) >= 11 is 0. The van der Waals surface area contributed by atoms with Crippen molar-refractivity contribution in [3.05, 3.63) is 42.3 Å². The van der Waals surface area contributed by atoms with E-state index in [0.29, 0.717) is 66.7 Å². The van der Waals surface area contributed by atoms with Gasteiger partial charge in [0.15, 0.2) is 23.0 Å². The Kier molecular flexibility index (Phi) is 6.71. The van der Waals surface area contributed by atoms with Crippen LogP contribution < -0.4 is 24.3 Å². The predicted molar refractivity (Wildman–Crippen MR) is 127 cm³/mol. The molecule has 0 radical (unpaired) electrons. The van der Waals surface area contributed by atoms with Gasteiger partial charge in [0, 0.05) is 23.9 Å². The summed E-state index contributed by atoms with van der Waals surface area (Å²) in [5.41, 5.74) is 1.47. The zero-order valence-corrected chi connectivity index (χ0v) is 19.8. The number of benzene rings is 2. The molecule has 10 heteroatoms. The minimum absolute atomic E-state index is 0.0112. The summed E-state index contributed by atoms with van der Waals surface area (Å²) in [5.74, 6) is 3.42. The standard InChI is InChI=1S/C25H28N4O6/c1-31-19-7-5-16(12-21(19)32-2)24-27-23(35-28-24)15-29-9-3-4-17(14-29)25(30)26-18-6-8-20-22(13-18)34-11-10-33-20/h5-8,12-13,17H,3-4,9-11,14-15H2,1-2H3,(H,26,30)/t17-/m1/s1. The lowest BCUT2D eigenvalue weighted by Gasteiger charge is -2.31. The van der Waals surface area contributed by atoms with Crippen LogP contribution in [0.15, 0.2) is 40.9 Å². The molecule has 1 atom stereocenters. The highest BCUT2D eigenvalue weighted by atomic mass is 16.6. The Balaban J connectivity index is 1.20. The number of nitrogens with zero attached hydrogens (tertiary/aromatic N) is 3. The van der Waals surface area contributed by atoms with Gasteiger partial charge in [0.05, 0.1) is 26.7 Å². The van der Waals surface area contributed by atoms with E-state index in [1.807, 2.05) is 24.3 Å². The van der Waals surface area contributed by atoms with Gasteiger partial charge in [-0.05, 0) is 49.7 Å². The maximum absolute atomic E-state index is 13.0. The Hall–Kier alpha value is -3.79. The van der Waals surface area contributed by atoms with Gasteiger partial charge in [0.2, 0.25) is 17.6 Å². The van der Waals surface area contributed by atoms with Crippen LogP contribution in [-0.4, -0.2) is 61.5 Å². The first-order valence-corrected chi connectivity index (χ1v) is 11.6. The molecule has 3 heterocycles. The number of ether oxygens (including phenoxy) is 4. The number of likely N-dealkylation sites (tertiary alicyclic amines) is 1. The van der Waals surface area contributed by atoms with Crippen LogP contribution in [0.1, 0.15) is 18.7 Å². The predicted octanol–water partition coefficient (Wildman–Crippen LogP) is 3.38. The van der Waals surface area contributed by atoms with Gasteiger partial charge in [-0.3, -0.25) is 9.69 Å².